The van der Waals surface area contributed by atoms with Gasteiger partial charge in [-0.2, -0.15) is 0 Å². The topological polar surface area (TPSA) is 47.0 Å². The first kappa shape index (κ1) is 17.3. The van der Waals surface area contributed by atoms with Crippen LogP contribution < -0.4 is 0 Å². The van der Waals surface area contributed by atoms with Crippen LogP contribution in [0.5, 0.6) is 5.75 Å². The lowest BCUT2D eigenvalue weighted by Gasteiger charge is -2.52. The van der Waals surface area contributed by atoms with Crippen molar-refractivity contribution in [3.05, 3.63) is 42.0 Å². The first-order valence-corrected chi connectivity index (χ1v) is 9.40. The van der Waals surface area contributed by atoms with Crippen molar-refractivity contribution in [3.8, 4) is 5.75 Å². The van der Waals surface area contributed by atoms with E-state index < -0.39 is 0 Å². The number of piperidine rings is 1. The summed E-state index contributed by atoms with van der Waals surface area (Å²) in [6, 6.07) is 11.2. The molecule has 2 aliphatic heterocycles. The molecule has 5 nitrogen and oxygen atoms in total. The Labute approximate surface area is 154 Å². The minimum absolute atomic E-state index is 0.0547. The molecule has 0 saturated carbocycles. The highest BCUT2D eigenvalue weighted by molar-refractivity contribution is 6.09. The summed E-state index contributed by atoms with van der Waals surface area (Å²) in [5, 5.41) is 12.2. The molecule has 5 heteroatoms. The quantitative estimate of drug-likeness (QED) is 0.855. The van der Waals surface area contributed by atoms with Gasteiger partial charge in [0.25, 0.3) is 5.91 Å². The Hall–Kier alpha value is -2.11. The Morgan fingerprint density at radius 1 is 1.00 bits per heavy atom. The fraction of sp³-hybridized carbons (Fsp3) is 0.476. The van der Waals surface area contributed by atoms with Crippen LogP contribution in [0.15, 0.2) is 36.4 Å². The van der Waals surface area contributed by atoms with Crippen molar-refractivity contribution < 1.29 is 9.90 Å². The van der Waals surface area contributed by atoms with Gasteiger partial charge in [0.2, 0.25) is 0 Å². The highest BCUT2D eigenvalue weighted by Crippen LogP contribution is 2.34. The molecule has 2 aromatic rings. The third-order valence-corrected chi connectivity index (χ3v) is 6.29. The van der Waals surface area contributed by atoms with Gasteiger partial charge in [0.15, 0.2) is 0 Å². The largest absolute Gasteiger partial charge is 0.507 e. The maximum Gasteiger partial charge on any atom is 0.258 e. The Bertz CT molecular complexity index is 827. The molecular weight excluding hydrogens is 326 g/mol. The third-order valence-electron chi connectivity index (χ3n) is 6.29. The first-order chi connectivity index (χ1) is 12.5. The monoisotopic (exact) mass is 353 g/mol. The Kier molecular flexibility index (Phi) is 4.37. The Balaban J connectivity index is 1.57. The Morgan fingerprint density at radius 3 is 2.50 bits per heavy atom. The lowest BCUT2D eigenvalue weighted by molar-refractivity contribution is -0.0157. The van der Waals surface area contributed by atoms with Crippen molar-refractivity contribution in [1.29, 1.82) is 0 Å². The molecule has 0 aliphatic carbocycles. The second-order valence-electron chi connectivity index (χ2n) is 7.86. The minimum Gasteiger partial charge on any atom is -0.507 e. The summed E-state index contributed by atoms with van der Waals surface area (Å²) in [5.41, 5.74) is 0.609. The van der Waals surface area contributed by atoms with Crippen molar-refractivity contribution in [1.82, 2.24) is 14.7 Å². The molecule has 2 heterocycles. The normalized spacial score (nSPS) is 21.4. The number of amides is 1. The number of phenolic OH excluding ortho intramolecular Hbond substituents is 1. The van der Waals surface area contributed by atoms with E-state index in [1.807, 2.05) is 35.2 Å². The number of aromatic hydroxyl groups is 1. The van der Waals surface area contributed by atoms with E-state index in [2.05, 4.69) is 23.9 Å². The van der Waals surface area contributed by atoms with Crippen molar-refractivity contribution in [2.45, 2.75) is 18.4 Å². The van der Waals surface area contributed by atoms with Gasteiger partial charge in [0, 0.05) is 38.3 Å². The molecule has 2 aliphatic rings. The second-order valence-corrected chi connectivity index (χ2v) is 7.86. The molecule has 0 aromatic heterocycles. The fourth-order valence-electron chi connectivity index (χ4n) is 4.57. The predicted octanol–water partition coefficient (Wildman–Crippen LogP) is 2.40. The van der Waals surface area contributed by atoms with Crippen LogP contribution in [0.2, 0.25) is 0 Å². The van der Waals surface area contributed by atoms with Gasteiger partial charge in [0.05, 0.1) is 5.56 Å². The molecule has 0 radical (unpaired) electrons. The molecule has 2 fully saturated rings. The number of carbonyl (C=O) groups is 1. The number of likely N-dealkylation sites (N-methyl/N-ethyl adjacent to an activating group) is 2. The SMILES string of the molecule is CN1CCN(C)C2(CCN(C(=O)c3c(O)ccc4ccccc34)CC2)C1. The number of rotatable bonds is 1. The van der Waals surface area contributed by atoms with E-state index in [0.29, 0.717) is 5.56 Å². The highest BCUT2D eigenvalue weighted by atomic mass is 16.3. The average molecular weight is 353 g/mol. The summed E-state index contributed by atoms with van der Waals surface area (Å²) in [6.45, 7) is 4.71. The third kappa shape index (κ3) is 2.85. The van der Waals surface area contributed by atoms with Gasteiger partial charge >= 0.3 is 0 Å². The summed E-state index contributed by atoms with van der Waals surface area (Å²) in [6.07, 6.45) is 1.95. The summed E-state index contributed by atoms with van der Waals surface area (Å²) in [4.78, 5) is 20.0. The maximum absolute atomic E-state index is 13.2. The van der Waals surface area contributed by atoms with Crippen LogP contribution >= 0.6 is 0 Å². The van der Waals surface area contributed by atoms with Gasteiger partial charge in [-0.1, -0.05) is 30.3 Å². The molecule has 26 heavy (non-hydrogen) atoms. The number of nitrogens with zero attached hydrogens (tertiary/aromatic N) is 3. The van der Waals surface area contributed by atoms with E-state index in [-0.39, 0.29) is 17.2 Å². The van der Waals surface area contributed by atoms with Crippen molar-refractivity contribution >= 4 is 16.7 Å². The molecule has 1 amide bonds. The van der Waals surface area contributed by atoms with E-state index in [0.717, 1.165) is 56.3 Å². The molecule has 1 N–H and O–H groups in total. The number of benzene rings is 2. The van der Waals surface area contributed by atoms with E-state index in [1.54, 1.807) is 6.07 Å². The minimum atomic E-state index is -0.0547. The maximum atomic E-state index is 13.2. The van der Waals surface area contributed by atoms with Crippen molar-refractivity contribution in [3.63, 3.8) is 0 Å². The zero-order valence-electron chi connectivity index (χ0n) is 15.6. The number of hydrogen-bond donors (Lipinski definition) is 1. The number of carbonyl (C=O) groups excluding carboxylic acids is 1. The highest BCUT2D eigenvalue weighted by Gasteiger charge is 2.42. The van der Waals surface area contributed by atoms with Crippen molar-refractivity contribution in [2.75, 3.05) is 46.8 Å². The molecule has 1 spiro atoms. The number of fused-ring (bicyclic) bond motifs is 1. The lowest BCUT2D eigenvalue weighted by atomic mass is 9.83. The van der Waals surface area contributed by atoms with Crippen LogP contribution in [0.3, 0.4) is 0 Å². The van der Waals surface area contributed by atoms with E-state index in [9.17, 15) is 9.90 Å². The van der Waals surface area contributed by atoms with Crippen LogP contribution in [-0.4, -0.2) is 78.1 Å². The van der Waals surface area contributed by atoms with E-state index in [4.69, 9.17) is 0 Å². The van der Waals surface area contributed by atoms with E-state index >= 15 is 0 Å². The van der Waals surface area contributed by atoms with Gasteiger partial charge in [-0.25, -0.2) is 0 Å². The summed E-state index contributed by atoms with van der Waals surface area (Å²) >= 11 is 0. The second kappa shape index (κ2) is 6.56. The number of piperazine rings is 1. The summed E-state index contributed by atoms with van der Waals surface area (Å²) in [5.74, 6) is 0.0180. The zero-order chi connectivity index (χ0) is 18.3. The zero-order valence-corrected chi connectivity index (χ0v) is 15.6. The van der Waals surface area contributed by atoms with Gasteiger partial charge in [-0.3, -0.25) is 9.69 Å². The van der Waals surface area contributed by atoms with Gasteiger partial charge in [-0.15, -0.1) is 0 Å². The number of hydrogen-bond acceptors (Lipinski definition) is 4. The average Bonchev–Trinajstić information content (AvgIpc) is 2.65. The molecular formula is C21H27N3O2. The summed E-state index contributed by atoms with van der Waals surface area (Å²) < 4.78 is 0. The van der Waals surface area contributed by atoms with Crippen LogP contribution in [0.1, 0.15) is 23.2 Å². The van der Waals surface area contributed by atoms with E-state index in [1.165, 1.54) is 0 Å². The standard InChI is InChI=1S/C21H27N3O2/c1-22-13-14-23(2)21(15-22)9-11-24(12-10-21)20(26)19-17-6-4-3-5-16(17)7-8-18(19)25/h3-8,25H,9-15H2,1-2H3. The molecule has 2 aromatic carbocycles. The van der Waals surface area contributed by atoms with Crippen molar-refractivity contribution in [2.24, 2.45) is 0 Å². The smallest absolute Gasteiger partial charge is 0.258 e. The van der Waals surface area contributed by atoms with Crippen LogP contribution in [0, 0.1) is 0 Å². The van der Waals surface area contributed by atoms with Crippen LogP contribution in [0.4, 0.5) is 0 Å². The van der Waals surface area contributed by atoms with Gasteiger partial charge in [-0.05, 0) is 43.8 Å². The summed E-state index contributed by atoms with van der Waals surface area (Å²) in [7, 11) is 4.39. The molecule has 138 valence electrons. The molecule has 2 saturated heterocycles. The number of likely N-dealkylation sites (tertiary alicyclic amines) is 1. The fourth-order valence-corrected chi connectivity index (χ4v) is 4.57. The Morgan fingerprint density at radius 2 is 1.73 bits per heavy atom. The molecule has 0 atom stereocenters. The van der Waals surface area contributed by atoms with Crippen LogP contribution in [0.25, 0.3) is 10.8 Å². The van der Waals surface area contributed by atoms with Gasteiger partial charge < -0.3 is 14.9 Å². The first-order valence-electron chi connectivity index (χ1n) is 9.40. The predicted molar refractivity (Wildman–Crippen MR) is 104 cm³/mol. The lowest BCUT2D eigenvalue weighted by Crippen LogP contribution is -2.64. The van der Waals surface area contributed by atoms with Gasteiger partial charge in [0.1, 0.15) is 5.75 Å². The molecule has 0 bridgehead atoms. The van der Waals surface area contributed by atoms with Crippen LogP contribution in [-0.2, 0) is 0 Å². The number of phenols is 1. The molecule has 0 unspecified atom stereocenters. The molecule has 4 rings (SSSR count).